The molecule has 0 aromatic rings. The maximum absolute atomic E-state index is 13.6. The number of Topliss-reactive ketones (excluding diaryl/α,β-unsaturated/α-hetero) is 2. The van der Waals surface area contributed by atoms with Gasteiger partial charge in [0.15, 0.2) is 11.6 Å². The number of carbonyl (C=O) groups excluding carboxylic acids is 3. The van der Waals surface area contributed by atoms with E-state index in [1.165, 1.54) is 0 Å². The molecule has 0 aromatic carbocycles. The lowest BCUT2D eigenvalue weighted by Crippen LogP contribution is -2.34. The van der Waals surface area contributed by atoms with Crippen LogP contribution in [0.1, 0.15) is 80.6 Å². The summed E-state index contributed by atoms with van der Waals surface area (Å²) in [5.74, 6) is 0.105. The van der Waals surface area contributed by atoms with Gasteiger partial charge in [-0.05, 0) is 72.8 Å². The van der Waals surface area contributed by atoms with E-state index < -0.39 is 22.2 Å². The molecule has 0 heterocycles. The van der Waals surface area contributed by atoms with Crippen LogP contribution in [0.25, 0.3) is 0 Å². The van der Waals surface area contributed by atoms with Crippen LogP contribution in [0.5, 0.6) is 0 Å². The number of carbonyl (C=O) groups is 3. The van der Waals surface area contributed by atoms with Gasteiger partial charge in [-0.3, -0.25) is 14.4 Å². The molecule has 180 valence electrons. The summed E-state index contributed by atoms with van der Waals surface area (Å²) in [6.07, 6.45) is 9.38. The number of esters is 1. The Labute approximate surface area is 198 Å². The first-order valence-electron chi connectivity index (χ1n) is 12.6. The average molecular weight is 453 g/mol. The Kier molecular flexibility index (Phi) is 5.32. The van der Waals surface area contributed by atoms with Gasteiger partial charge in [0.1, 0.15) is 5.41 Å². The Bertz CT molecular complexity index is 929. The van der Waals surface area contributed by atoms with Crippen molar-refractivity contribution in [1.82, 2.24) is 0 Å². The van der Waals surface area contributed by atoms with Crippen LogP contribution in [-0.4, -0.2) is 24.1 Å². The standard InChI is InChI=1S/C29H40O4/c1-9-13-29(24(32)33-10-2,16-18-20-11-14-27(7,22(18)30)25(20,3)4)17-19-21-12-15-28(8,23(19)31)26(21,5)6/h9,16-17,20-21H,1,10-15H2,2-8H3. The van der Waals surface area contributed by atoms with E-state index in [0.717, 1.165) is 36.8 Å². The van der Waals surface area contributed by atoms with Gasteiger partial charge in [-0.25, -0.2) is 0 Å². The summed E-state index contributed by atoms with van der Waals surface area (Å²) in [7, 11) is 0. The average Bonchev–Trinajstić information content (AvgIpc) is 3.21. The lowest BCUT2D eigenvalue weighted by molar-refractivity contribution is -0.149. The van der Waals surface area contributed by atoms with Gasteiger partial charge in [-0.2, -0.15) is 0 Å². The van der Waals surface area contributed by atoms with E-state index in [1.807, 2.05) is 12.2 Å². The molecule has 4 rings (SSSR count). The molecular weight excluding hydrogens is 412 g/mol. The van der Waals surface area contributed by atoms with Crippen LogP contribution in [-0.2, 0) is 19.1 Å². The first kappa shape index (κ1) is 24.2. The molecule has 0 saturated heterocycles. The van der Waals surface area contributed by atoms with E-state index >= 15 is 0 Å². The maximum Gasteiger partial charge on any atom is 0.320 e. The fourth-order valence-corrected chi connectivity index (χ4v) is 7.61. The molecule has 4 aliphatic rings. The zero-order valence-electron chi connectivity index (χ0n) is 21.5. The number of fused-ring (bicyclic) bond motifs is 4. The third kappa shape index (κ3) is 2.85. The quantitative estimate of drug-likeness (QED) is 0.281. The second-order valence-electron chi connectivity index (χ2n) is 12.4. The van der Waals surface area contributed by atoms with Crippen molar-refractivity contribution in [1.29, 1.82) is 0 Å². The number of ketones is 2. The molecule has 33 heavy (non-hydrogen) atoms. The highest BCUT2D eigenvalue weighted by Gasteiger charge is 2.66. The minimum Gasteiger partial charge on any atom is -0.465 e. The predicted octanol–water partition coefficient (Wildman–Crippen LogP) is 6.02. The molecule has 4 nitrogen and oxygen atoms in total. The molecule has 0 aromatic heterocycles. The largest absolute Gasteiger partial charge is 0.465 e. The van der Waals surface area contributed by atoms with E-state index in [4.69, 9.17) is 4.74 Å². The number of hydrogen-bond donors (Lipinski definition) is 0. The van der Waals surface area contributed by atoms with Gasteiger partial charge in [-0.15, -0.1) is 6.58 Å². The van der Waals surface area contributed by atoms with Crippen LogP contribution in [0.4, 0.5) is 0 Å². The Morgan fingerprint density at radius 3 is 1.67 bits per heavy atom. The molecule has 4 atom stereocenters. The highest BCUT2D eigenvalue weighted by molar-refractivity contribution is 6.07. The van der Waals surface area contributed by atoms with Crippen molar-refractivity contribution < 1.29 is 19.1 Å². The SMILES string of the molecule is C=CCC(C=C1C(=O)C2(C)CCC1C2(C)C)(C=C1C(=O)C2(C)CCC1C2(C)C)C(=O)OCC. The molecular formula is C29H40O4. The first-order valence-corrected chi connectivity index (χ1v) is 12.6. The van der Waals surface area contributed by atoms with Crippen molar-refractivity contribution in [2.45, 2.75) is 80.6 Å². The van der Waals surface area contributed by atoms with Crippen molar-refractivity contribution >= 4 is 17.5 Å². The van der Waals surface area contributed by atoms with Gasteiger partial charge in [0.2, 0.25) is 0 Å². The summed E-state index contributed by atoms with van der Waals surface area (Å²) in [5.41, 5.74) is -0.860. The fraction of sp³-hybridized carbons (Fsp3) is 0.690. The highest BCUT2D eigenvalue weighted by atomic mass is 16.5. The van der Waals surface area contributed by atoms with E-state index in [0.29, 0.717) is 6.42 Å². The molecule has 0 N–H and O–H groups in total. The van der Waals surface area contributed by atoms with Gasteiger partial charge in [0, 0.05) is 10.8 Å². The van der Waals surface area contributed by atoms with E-state index in [-0.39, 0.29) is 40.8 Å². The van der Waals surface area contributed by atoms with Crippen molar-refractivity contribution in [3.63, 3.8) is 0 Å². The summed E-state index contributed by atoms with van der Waals surface area (Å²) < 4.78 is 5.57. The zero-order valence-corrected chi connectivity index (χ0v) is 21.5. The van der Waals surface area contributed by atoms with Gasteiger partial charge < -0.3 is 4.74 Å². The minimum atomic E-state index is -1.19. The molecule has 4 saturated carbocycles. The van der Waals surface area contributed by atoms with Crippen LogP contribution in [0, 0.1) is 38.9 Å². The molecule has 4 bridgehead atoms. The summed E-state index contributed by atoms with van der Waals surface area (Å²) in [4.78, 5) is 40.8. The van der Waals surface area contributed by atoms with Crippen molar-refractivity contribution in [2.24, 2.45) is 38.9 Å². The third-order valence-electron chi connectivity index (χ3n) is 10.7. The van der Waals surface area contributed by atoms with Gasteiger partial charge in [0.25, 0.3) is 0 Å². The van der Waals surface area contributed by atoms with E-state index in [9.17, 15) is 14.4 Å². The molecule has 0 amide bonds. The molecule has 0 radical (unpaired) electrons. The maximum atomic E-state index is 13.6. The van der Waals surface area contributed by atoms with Crippen LogP contribution >= 0.6 is 0 Å². The van der Waals surface area contributed by atoms with Crippen molar-refractivity contribution in [3.05, 3.63) is 36.0 Å². The Morgan fingerprint density at radius 1 is 0.939 bits per heavy atom. The molecule has 4 fully saturated rings. The summed E-state index contributed by atoms with van der Waals surface area (Å²) in [5, 5.41) is 0. The van der Waals surface area contributed by atoms with E-state index in [1.54, 1.807) is 13.0 Å². The fourth-order valence-electron chi connectivity index (χ4n) is 7.61. The molecule has 4 heteroatoms. The Balaban J connectivity index is 1.91. The zero-order chi connectivity index (χ0) is 24.6. The van der Waals surface area contributed by atoms with Crippen LogP contribution in [0.2, 0.25) is 0 Å². The first-order chi connectivity index (χ1) is 15.2. The number of allylic oxidation sites excluding steroid dienone is 3. The van der Waals surface area contributed by atoms with Gasteiger partial charge in [0.05, 0.1) is 6.61 Å². The monoisotopic (exact) mass is 452 g/mol. The normalized spacial score (nSPS) is 40.0. The lowest BCUT2D eigenvalue weighted by Gasteiger charge is -2.31. The topological polar surface area (TPSA) is 60.4 Å². The summed E-state index contributed by atoms with van der Waals surface area (Å²) in [6.45, 7) is 18.8. The number of rotatable bonds is 6. The minimum absolute atomic E-state index is 0.108. The Hall–Kier alpha value is -1.97. The molecule has 0 aliphatic heterocycles. The summed E-state index contributed by atoms with van der Waals surface area (Å²) >= 11 is 0. The second-order valence-corrected chi connectivity index (χ2v) is 12.4. The predicted molar refractivity (Wildman–Crippen MR) is 129 cm³/mol. The van der Waals surface area contributed by atoms with Gasteiger partial charge in [-0.1, -0.05) is 59.8 Å². The van der Waals surface area contributed by atoms with Crippen molar-refractivity contribution in [2.75, 3.05) is 6.61 Å². The molecule has 4 unspecified atom stereocenters. The molecule has 4 aliphatic carbocycles. The van der Waals surface area contributed by atoms with Crippen molar-refractivity contribution in [3.8, 4) is 0 Å². The number of ether oxygens (including phenoxy) is 1. The van der Waals surface area contributed by atoms with Gasteiger partial charge >= 0.3 is 5.97 Å². The lowest BCUT2D eigenvalue weighted by atomic mass is 9.70. The molecule has 0 spiro atoms. The summed E-state index contributed by atoms with van der Waals surface area (Å²) in [6, 6.07) is 0. The Morgan fingerprint density at radius 2 is 1.36 bits per heavy atom. The van der Waals surface area contributed by atoms with Crippen LogP contribution in [0.15, 0.2) is 36.0 Å². The third-order valence-corrected chi connectivity index (χ3v) is 10.7. The van der Waals surface area contributed by atoms with E-state index in [2.05, 4.69) is 48.1 Å². The smallest absolute Gasteiger partial charge is 0.320 e. The number of hydrogen-bond acceptors (Lipinski definition) is 4. The van der Waals surface area contributed by atoms with Crippen LogP contribution < -0.4 is 0 Å². The highest BCUT2D eigenvalue weighted by Crippen LogP contribution is 2.67. The van der Waals surface area contributed by atoms with Crippen LogP contribution in [0.3, 0.4) is 0 Å². The second kappa shape index (κ2) is 7.26.